The fourth-order valence-electron chi connectivity index (χ4n) is 1.77. The molecule has 0 N–H and O–H groups in total. The van der Waals surface area contributed by atoms with Crippen LogP contribution in [0.3, 0.4) is 0 Å². The molecule has 1 aromatic heterocycles. The molecule has 2 heteroatoms. The van der Waals surface area contributed by atoms with Crippen LogP contribution in [-0.2, 0) is 6.54 Å². The number of nitrogens with zero attached hydrogens (tertiary/aromatic N) is 2. The Labute approximate surface area is 85.9 Å². The topological polar surface area (TPSA) is 17.8 Å². The van der Waals surface area contributed by atoms with Crippen LogP contribution in [0.4, 0.5) is 0 Å². The van der Waals surface area contributed by atoms with Gasteiger partial charge in [-0.25, -0.2) is 0 Å². The van der Waals surface area contributed by atoms with Crippen molar-refractivity contribution in [2.75, 3.05) is 0 Å². The molecule has 0 saturated carbocycles. The SMILES string of the molecule is CC.CCn1nc(C)c2c1=CCCC=2. The predicted molar refractivity (Wildman–Crippen MR) is 61.4 cm³/mol. The van der Waals surface area contributed by atoms with E-state index < -0.39 is 0 Å². The molecule has 1 aliphatic carbocycles. The lowest BCUT2D eigenvalue weighted by Gasteiger charge is -1.97. The van der Waals surface area contributed by atoms with E-state index in [1.807, 2.05) is 13.8 Å². The zero-order valence-electron chi connectivity index (χ0n) is 9.67. The average molecular weight is 192 g/mol. The molecule has 0 unspecified atom stereocenters. The second-order valence-electron chi connectivity index (χ2n) is 3.19. The molecule has 78 valence electrons. The summed E-state index contributed by atoms with van der Waals surface area (Å²) in [5.41, 5.74) is 1.17. The molecule has 0 amide bonds. The van der Waals surface area contributed by atoms with Crippen molar-refractivity contribution in [2.24, 2.45) is 0 Å². The van der Waals surface area contributed by atoms with Crippen molar-refractivity contribution in [2.45, 2.75) is 47.1 Å². The third-order valence-corrected chi connectivity index (χ3v) is 2.37. The molecule has 0 spiro atoms. The Kier molecular flexibility index (Phi) is 3.93. The summed E-state index contributed by atoms with van der Waals surface area (Å²) < 4.78 is 2.08. The van der Waals surface area contributed by atoms with Crippen LogP contribution in [-0.4, -0.2) is 9.78 Å². The average Bonchev–Trinajstić information content (AvgIpc) is 2.59. The first-order valence-corrected chi connectivity index (χ1v) is 5.56. The number of hydrogen-bond acceptors (Lipinski definition) is 1. The van der Waals surface area contributed by atoms with Gasteiger partial charge < -0.3 is 0 Å². The van der Waals surface area contributed by atoms with Gasteiger partial charge in [0, 0.05) is 11.8 Å². The molecule has 2 rings (SSSR count). The zero-order chi connectivity index (χ0) is 10.6. The van der Waals surface area contributed by atoms with Gasteiger partial charge in [-0.1, -0.05) is 26.0 Å². The minimum atomic E-state index is 0.973. The Balaban J connectivity index is 0.000000461. The molecule has 1 heterocycles. The van der Waals surface area contributed by atoms with Gasteiger partial charge in [-0.2, -0.15) is 5.10 Å². The van der Waals surface area contributed by atoms with E-state index in [4.69, 9.17) is 0 Å². The highest BCUT2D eigenvalue weighted by Gasteiger charge is 2.03. The van der Waals surface area contributed by atoms with Gasteiger partial charge in [0.05, 0.1) is 11.0 Å². The lowest BCUT2D eigenvalue weighted by atomic mass is 10.1. The van der Waals surface area contributed by atoms with Gasteiger partial charge in [-0.15, -0.1) is 0 Å². The van der Waals surface area contributed by atoms with Crippen LogP contribution in [0.2, 0.25) is 0 Å². The third kappa shape index (κ3) is 1.89. The van der Waals surface area contributed by atoms with Gasteiger partial charge in [-0.05, 0) is 26.7 Å². The summed E-state index contributed by atoms with van der Waals surface area (Å²) >= 11 is 0. The molecule has 0 saturated heterocycles. The van der Waals surface area contributed by atoms with Crippen LogP contribution < -0.4 is 10.6 Å². The number of rotatable bonds is 1. The summed E-state index contributed by atoms with van der Waals surface area (Å²) in [7, 11) is 0. The molecular weight excluding hydrogens is 172 g/mol. The maximum absolute atomic E-state index is 4.46. The largest absolute Gasteiger partial charge is 0.265 e. The van der Waals surface area contributed by atoms with Crippen LogP contribution in [0, 0.1) is 6.92 Å². The van der Waals surface area contributed by atoms with Crippen molar-refractivity contribution in [3.8, 4) is 0 Å². The number of aryl methyl sites for hydroxylation is 2. The summed E-state index contributed by atoms with van der Waals surface area (Å²) in [6.07, 6.45) is 6.92. The molecule has 0 bridgehead atoms. The first kappa shape index (κ1) is 11.0. The minimum Gasteiger partial charge on any atom is -0.265 e. The van der Waals surface area contributed by atoms with E-state index in [2.05, 4.69) is 35.8 Å². The lowest BCUT2D eigenvalue weighted by Crippen LogP contribution is -2.31. The maximum Gasteiger partial charge on any atom is 0.0669 e. The molecule has 0 aliphatic heterocycles. The minimum absolute atomic E-state index is 0.973. The highest BCUT2D eigenvalue weighted by atomic mass is 15.3. The smallest absolute Gasteiger partial charge is 0.0669 e. The molecule has 0 fully saturated rings. The fourth-order valence-corrected chi connectivity index (χ4v) is 1.77. The van der Waals surface area contributed by atoms with Gasteiger partial charge in [-0.3, -0.25) is 4.68 Å². The second-order valence-corrected chi connectivity index (χ2v) is 3.19. The second kappa shape index (κ2) is 4.99. The van der Waals surface area contributed by atoms with Crippen molar-refractivity contribution in [3.63, 3.8) is 0 Å². The normalized spacial score (nSPS) is 13.1. The van der Waals surface area contributed by atoms with Gasteiger partial charge in [0.2, 0.25) is 0 Å². The molecule has 2 nitrogen and oxygen atoms in total. The van der Waals surface area contributed by atoms with Crippen molar-refractivity contribution in [1.82, 2.24) is 9.78 Å². The van der Waals surface area contributed by atoms with Crippen molar-refractivity contribution in [3.05, 3.63) is 16.3 Å². The quantitative estimate of drug-likeness (QED) is 0.661. The summed E-state index contributed by atoms with van der Waals surface area (Å²) in [5, 5.41) is 7.14. The number of aromatic nitrogens is 2. The first-order chi connectivity index (χ1) is 6.83. The number of fused-ring (bicyclic) bond motifs is 1. The van der Waals surface area contributed by atoms with Gasteiger partial charge >= 0.3 is 0 Å². The Morgan fingerprint density at radius 3 is 2.57 bits per heavy atom. The Morgan fingerprint density at radius 2 is 1.93 bits per heavy atom. The monoisotopic (exact) mass is 192 g/mol. The molecule has 1 aliphatic rings. The molecule has 0 atom stereocenters. The van der Waals surface area contributed by atoms with E-state index in [0.29, 0.717) is 0 Å². The summed E-state index contributed by atoms with van der Waals surface area (Å²) in [5.74, 6) is 0. The van der Waals surface area contributed by atoms with E-state index >= 15 is 0 Å². The molecule has 14 heavy (non-hydrogen) atoms. The summed E-state index contributed by atoms with van der Waals surface area (Å²) in [6, 6.07) is 0. The summed E-state index contributed by atoms with van der Waals surface area (Å²) in [6.45, 7) is 9.19. The van der Waals surface area contributed by atoms with Crippen molar-refractivity contribution >= 4 is 12.2 Å². The van der Waals surface area contributed by atoms with E-state index in [9.17, 15) is 0 Å². The zero-order valence-corrected chi connectivity index (χ0v) is 9.67. The molecular formula is C12H20N2. The maximum atomic E-state index is 4.46. The van der Waals surface area contributed by atoms with E-state index in [1.54, 1.807) is 0 Å². The molecule has 0 aromatic carbocycles. The molecule has 1 aromatic rings. The van der Waals surface area contributed by atoms with Gasteiger partial charge in [0.15, 0.2) is 0 Å². The van der Waals surface area contributed by atoms with Crippen molar-refractivity contribution in [1.29, 1.82) is 0 Å². The Morgan fingerprint density at radius 1 is 1.29 bits per heavy atom. The highest BCUT2D eigenvalue weighted by Crippen LogP contribution is 1.95. The lowest BCUT2D eigenvalue weighted by molar-refractivity contribution is 0.633. The fraction of sp³-hybridized carbons (Fsp3) is 0.583. The van der Waals surface area contributed by atoms with Crippen molar-refractivity contribution < 1.29 is 0 Å². The van der Waals surface area contributed by atoms with E-state index in [1.165, 1.54) is 22.7 Å². The van der Waals surface area contributed by atoms with Crippen LogP contribution in [0.1, 0.15) is 39.3 Å². The number of hydrogen-bond donors (Lipinski definition) is 0. The van der Waals surface area contributed by atoms with Crippen LogP contribution in [0.15, 0.2) is 0 Å². The van der Waals surface area contributed by atoms with Crippen LogP contribution in [0.25, 0.3) is 12.2 Å². The van der Waals surface area contributed by atoms with E-state index in [-0.39, 0.29) is 0 Å². The summed E-state index contributed by atoms with van der Waals surface area (Å²) in [4.78, 5) is 0. The van der Waals surface area contributed by atoms with Gasteiger partial charge in [0.1, 0.15) is 0 Å². The van der Waals surface area contributed by atoms with E-state index in [0.717, 1.165) is 13.0 Å². The van der Waals surface area contributed by atoms with Gasteiger partial charge in [0.25, 0.3) is 0 Å². The Hall–Kier alpha value is -1.05. The molecule has 0 radical (unpaired) electrons. The highest BCUT2D eigenvalue weighted by molar-refractivity contribution is 5.37. The standard InChI is InChI=1S/C10H14N2.C2H6/c1-3-12-10-7-5-4-6-9(10)8(2)11-12;1-2/h6-7H,3-5H2,1-2H3;1-2H3. The van der Waals surface area contributed by atoms with Crippen LogP contribution >= 0.6 is 0 Å². The first-order valence-electron chi connectivity index (χ1n) is 5.56. The van der Waals surface area contributed by atoms with Crippen LogP contribution in [0.5, 0.6) is 0 Å². The third-order valence-electron chi connectivity index (χ3n) is 2.37. The Bertz CT molecular complexity index is 399. The predicted octanol–water partition coefficient (Wildman–Crippen LogP) is 1.59.